The van der Waals surface area contributed by atoms with Crippen LogP contribution in [0.5, 0.6) is 5.75 Å². The summed E-state index contributed by atoms with van der Waals surface area (Å²) in [7, 11) is 1.74. The topological polar surface area (TPSA) is 24.5 Å². The number of hydrogen-bond acceptors (Lipinski definition) is 3. The molecule has 0 aromatic heterocycles. The average molecular weight is 296 g/mol. The average Bonchev–Trinajstić information content (AvgIpc) is 2.57. The molecule has 3 rings (SSSR count). The molecule has 0 spiro atoms. The quantitative estimate of drug-likeness (QED) is 0.918. The highest BCUT2D eigenvalue weighted by molar-refractivity contribution is 5.34. The predicted octanol–water partition coefficient (Wildman–Crippen LogP) is 2.71. The Kier molecular flexibility index (Phi) is 5.09. The lowest BCUT2D eigenvalue weighted by atomic mass is 10.0. The van der Waals surface area contributed by atoms with Crippen LogP contribution in [0, 0.1) is 0 Å². The molecule has 1 N–H and O–H groups in total. The molecule has 1 aliphatic rings. The van der Waals surface area contributed by atoms with E-state index < -0.39 is 0 Å². The molecule has 3 heteroatoms. The predicted molar refractivity (Wildman–Crippen MR) is 90.2 cm³/mol. The lowest BCUT2D eigenvalue weighted by Gasteiger charge is -2.34. The number of nitrogens with one attached hydrogen (secondary N) is 1. The maximum Gasteiger partial charge on any atom is 0.122 e. The van der Waals surface area contributed by atoms with Crippen molar-refractivity contribution in [2.24, 2.45) is 0 Å². The second kappa shape index (κ2) is 7.43. The maximum absolute atomic E-state index is 5.47. The van der Waals surface area contributed by atoms with Crippen molar-refractivity contribution < 1.29 is 4.74 Å². The number of piperazine rings is 1. The van der Waals surface area contributed by atoms with Gasteiger partial charge in [0.2, 0.25) is 0 Å². The summed E-state index contributed by atoms with van der Waals surface area (Å²) in [6.07, 6.45) is 1.01. The number of nitrogens with zero attached hydrogens (tertiary/aromatic N) is 1. The van der Waals surface area contributed by atoms with Gasteiger partial charge in [-0.25, -0.2) is 0 Å². The zero-order valence-electron chi connectivity index (χ0n) is 13.2. The van der Waals surface area contributed by atoms with Gasteiger partial charge in [-0.15, -0.1) is 0 Å². The second-order valence-electron chi connectivity index (χ2n) is 5.89. The first-order chi connectivity index (χ1) is 10.8. The molecular weight excluding hydrogens is 272 g/mol. The van der Waals surface area contributed by atoms with E-state index in [9.17, 15) is 0 Å². The van der Waals surface area contributed by atoms with Gasteiger partial charge in [0.15, 0.2) is 0 Å². The van der Waals surface area contributed by atoms with Gasteiger partial charge >= 0.3 is 0 Å². The summed E-state index contributed by atoms with van der Waals surface area (Å²) in [4.78, 5) is 2.53. The van der Waals surface area contributed by atoms with E-state index in [1.807, 2.05) is 12.1 Å². The summed E-state index contributed by atoms with van der Waals surface area (Å²) in [5.41, 5.74) is 2.67. The Morgan fingerprint density at radius 1 is 1.09 bits per heavy atom. The van der Waals surface area contributed by atoms with Crippen molar-refractivity contribution in [1.82, 2.24) is 10.2 Å². The van der Waals surface area contributed by atoms with E-state index in [1.54, 1.807) is 7.11 Å². The van der Waals surface area contributed by atoms with Crippen LogP contribution < -0.4 is 10.1 Å². The molecule has 1 heterocycles. The van der Waals surface area contributed by atoms with Crippen molar-refractivity contribution in [2.75, 3.05) is 26.7 Å². The first kappa shape index (κ1) is 15.1. The standard InChI is InChI=1S/C19H24N2O/c1-22-19-10-6-5-9-17(19)13-18-15-21(12-11-20-18)14-16-7-3-2-4-8-16/h2-10,18,20H,11-15H2,1H3/t18-/m0/s1. The fourth-order valence-electron chi connectivity index (χ4n) is 3.15. The highest BCUT2D eigenvalue weighted by Crippen LogP contribution is 2.20. The molecule has 0 unspecified atom stereocenters. The van der Waals surface area contributed by atoms with Crippen LogP contribution >= 0.6 is 0 Å². The fraction of sp³-hybridized carbons (Fsp3) is 0.368. The van der Waals surface area contributed by atoms with Gasteiger partial charge < -0.3 is 10.1 Å². The molecule has 0 radical (unpaired) electrons. The zero-order chi connectivity index (χ0) is 15.2. The minimum atomic E-state index is 0.480. The van der Waals surface area contributed by atoms with Gasteiger partial charge in [-0.05, 0) is 23.6 Å². The van der Waals surface area contributed by atoms with E-state index in [4.69, 9.17) is 4.74 Å². The largest absolute Gasteiger partial charge is 0.496 e. The Morgan fingerprint density at radius 2 is 1.86 bits per heavy atom. The molecule has 3 nitrogen and oxygen atoms in total. The first-order valence-corrected chi connectivity index (χ1v) is 7.96. The van der Waals surface area contributed by atoms with Crippen LogP contribution in [0.1, 0.15) is 11.1 Å². The number of ether oxygens (including phenoxy) is 1. The molecule has 2 aromatic carbocycles. The molecule has 1 aliphatic heterocycles. The number of hydrogen-bond donors (Lipinski definition) is 1. The van der Waals surface area contributed by atoms with E-state index >= 15 is 0 Å². The lowest BCUT2D eigenvalue weighted by Crippen LogP contribution is -2.51. The Balaban J connectivity index is 1.61. The van der Waals surface area contributed by atoms with Crippen molar-refractivity contribution in [3.63, 3.8) is 0 Å². The molecule has 22 heavy (non-hydrogen) atoms. The molecule has 2 aromatic rings. The third kappa shape index (κ3) is 3.87. The smallest absolute Gasteiger partial charge is 0.122 e. The van der Waals surface area contributed by atoms with Crippen LogP contribution in [0.2, 0.25) is 0 Å². The highest BCUT2D eigenvalue weighted by atomic mass is 16.5. The second-order valence-corrected chi connectivity index (χ2v) is 5.89. The fourth-order valence-corrected chi connectivity index (χ4v) is 3.15. The molecule has 1 saturated heterocycles. The summed E-state index contributed by atoms with van der Waals surface area (Å²) in [5.74, 6) is 0.990. The van der Waals surface area contributed by atoms with Crippen molar-refractivity contribution in [3.05, 3.63) is 65.7 Å². The van der Waals surface area contributed by atoms with Gasteiger partial charge in [-0.3, -0.25) is 4.90 Å². The Labute approximate surface area is 132 Å². The van der Waals surface area contributed by atoms with Gasteiger partial charge in [0.25, 0.3) is 0 Å². The van der Waals surface area contributed by atoms with Crippen LogP contribution in [0.3, 0.4) is 0 Å². The van der Waals surface area contributed by atoms with Crippen LogP contribution in [0.25, 0.3) is 0 Å². The lowest BCUT2D eigenvalue weighted by molar-refractivity contribution is 0.191. The molecular formula is C19H24N2O. The zero-order valence-corrected chi connectivity index (χ0v) is 13.2. The van der Waals surface area contributed by atoms with E-state index in [2.05, 4.69) is 52.7 Å². The number of methoxy groups -OCH3 is 1. The van der Waals surface area contributed by atoms with Crippen LogP contribution in [-0.2, 0) is 13.0 Å². The number of benzene rings is 2. The minimum Gasteiger partial charge on any atom is -0.496 e. The summed E-state index contributed by atoms with van der Waals surface area (Å²) in [6.45, 7) is 4.27. The Morgan fingerprint density at radius 3 is 2.68 bits per heavy atom. The molecule has 0 saturated carbocycles. The highest BCUT2D eigenvalue weighted by Gasteiger charge is 2.20. The number of rotatable bonds is 5. The monoisotopic (exact) mass is 296 g/mol. The van der Waals surface area contributed by atoms with E-state index in [1.165, 1.54) is 11.1 Å². The van der Waals surface area contributed by atoms with Crippen molar-refractivity contribution in [2.45, 2.75) is 19.0 Å². The van der Waals surface area contributed by atoms with Gasteiger partial charge in [0, 0.05) is 32.2 Å². The van der Waals surface area contributed by atoms with Crippen LogP contribution in [0.4, 0.5) is 0 Å². The summed E-state index contributed by atoms with van der Waals surface area (Å²) < 4.78 is 5.47. The van der Waals surface area contributed by atoms with E-state index in [0.29, 0.717) is 6.04 Å². The third-order valence-corrected chi connectivity index (χ3v) is 4.25. The van der Waals surface area contributed by atoms with E-state index in [0.717, 1.165) is 38.3 Å². The normalized spacial score (nSPS) is 19.0. The van der Waals surface area contributed by atoms with E-state index in [-0.39, 0.29) is 0 Å². The molecule has 0 bridgehead atoms. The van der Waals surface area contributed by atoms with Crippen molar-refractivity contribution >= 4 is 0 Å². The molecule has 1 fully saturated rings. The maximum atomic E-state index is 5.47. The van der Waals surface area contributed by atoms with Gasteiger partial charge in [0.1, 0.15) is 5.75 Å². The van der Waals surface area contributed by atoms with Gasteiger partial charge in [0.05, 0.1) is 7.11 Å². The molecule has 0 amide bonds. The van der Waals surface area contributed by atoms with Crippen molar-refractivity contribution in [3.8, 4) is 5.75 Å². The molecule has 0 aliphatic carbocycles. The summed E-state index contributed by atoms with van der Waals surface area (Å²) >= 11 is 0. The van der Waals surface area contributed by atoms with Gasteiger partial charge in [-0.2, -0.15) is 0 Å². The van der Waals surface area contributed by atoms with Crippen LogP contribution in [0.15, 0.2) is 54.6 Å². The summed E-state index contributed by atoms with van der Waals surface area (Å²) in [5, 5.41) is 3.64. The molecule has 116 valence electrons. The first-order valence-electron chi connectivity index (χ1n) is 7.96. The van der Waals surface area contributed by atoms with Crippen LogP contribution in [-0.4, -0.2) is 37.7 Å². The number of para-hydroxylation sites is 1. The van der Waals surface area contributed by atoms with Gasteiger partial charge in [-0.1, -0.05) is 48.5 Å². The van der Waals surface area contributed by atoms with Crippen molar-refractivity contribution in [1.29, 1.82) is 0 Å². The third-order valence-electron chi connectivity index (χ3n) is 4.25. The SMILES string of the molecule is COc1ccccc1C[C@H]1CN(Cc2ccccc2)CCN1. The Hall–Kier alpha value is -1.84. The Bertz CT molecular complexity index is 585. The summed E-state index contributed by atoms with van der Waals surface area (Å²) in [6, 6.07) is 19.5. The molecule has 1 atom stereocenters. The minimum absolute atomic E-state index is 0.480.